The lowest BCUT2D eigenvalue weighted by Gasteiger charge is -2.06. The van der Waals surface area contributed by atoms with Crippen molar-refractivity contribution in [3.05, 3.63) is 35.4 Å². The van der Waals surface area contributed by atoms with Gasteiger partial charge in [-0.1, -0.05) is 36.5 Å². The van der Waals surface area contributed by atoms with E-state index in [2.05, 4.69) is 10.6 Å². The number of carbonyl (C=O) groups is 1. The minimum atomic E-state index is -0.166. The molecule has 0 fully saturated rings. The molecule has 0 radical (unpaired) electrons. The highest BCUT2D eigenvalue weighted by Crippen LogP contribution is 2.03. The summed E-state index contributed by atoms with van der Waals surface area (Å²) in [5.41, 5.74) is 7.31. The van der Waals surface area contributed by atoms with Crippen molar-refractivity contribution in [2.24, 2.45) is 5.73 Å². The molecule has 0 aliphatic carbocycles. The van der Waals surface area contributed by atoms with E-state index in [1.165, 1.54) is 0 Å². The molecule has 5 heteroatoms. The summed E-state index contributed by atoms with van der Waals surface area (Å²) < 4.78 is 0. The summed E-state index contributed by atoms with van der Waals surface area (Å²) in [6.45, 7) is 2.98. The first kappa shape index (κ1) is 12.4. The van der Waals surface area contributed by atoms with Crippen LogP contribution in [0.15, 0.2) is 24.3 Å². The van der Waals surface area contributed by atoms with E-state index in [1.54, 1.807) is 0 Å². The number of hydrogen-bond acceptors (Lipinski definition) is 2. The van der Waals surface area contributed by atoms with Gasteiger partial charge in [0.15, 0.2) is 0 Å². The molecule has 0 atom stereocenters. The number of thiocarbonyl (C=S) groups is 1. The molecule has 0 spiro atoms. The molecule has 0 bridgehead atoms. The molecule has 0 aromatic heterocycles. The summed E-state index contributed by atoms with van der Waals surface area (Å²) in [6.07, 6.45) is 0. The summed E-state index contributed by atoms with van der Waals surface area (Å²) in [5, 5.41) is 5.39. The van der Waals surface area contributed by atoms with Gasteiger partial charge >= 0.3 is 6.03 Å². The van der Waals surface area contributed by atoms with E-state index in [9.17, 15) is 4.79 Å². The van der Waals surface area contributed by atoms with Gasteiger partial charge in [0.1, 0.15) is 4.99 Å². The van der Waals surface area contributed by atoms with Gasteiger partial charge in [-0.25, -0.2) is 4.79 Å². The van der Waals surface area contributed by atoms with Crippen LogP contribution in [0.1, 0.15) is 18.1 Å². The quantitative estimate of drug-likeness (QED) is 0.688. The number of amides is 2. The van der Waals surface area contributed by atoms with Crippen molar-refractivity contribution in [2.45, 2.75) is 13.5 Å². The van der Waals surface area contributed by atoms with Gasteiger partial charge in [0.2, 0.25) is 0 Å². The molecule has 1 rings (SSSR count). The molecule has 0 unspecified atom stereocenters. The maximum absolute atomic E-state index is 11.1. The summed E-state index contributed by atoms with van der Waals surface area (Å²) >= 11 is 4.84. The average molecular weight is 237 g/mol. The summed E-state index contributed by atoms with van der Waals surface area (Å²) in [5.74, 6) is 0. The number of hydrogen-bond donors (Lipinski definition) is 3. The number of benzene rings is 1. The van der Waals surface area contributed by atoms with E-state index < -0.39 is 0 Å². The fourth-order valence-corrected chi connectivity index (χ4v) is 1.33. The predicted octanol–water partition coefficient (Wildman–Crippen LogP) is 1.14. The molecule has 0 aliphatic rings. The number of carbonyl (C=O) groups excluding carboxylic acids is 1. The van der Waals surface area contributed by atoms with E-state index in [-0.39, 0.29) is 6.03 Å². The standard InChI is InChI=1S/C11H15N3OS/c1-2-13-11(15)14-7-8-3-5-9(6-4-8)10(12)16/h3-6H,2,7H2,1H3,(H2,12,16)(H2,13,14,15). The van der Waals surface area contributed by atoms with Crippen LogP contribution in [0.2, 0.25) is 0 Å². The Morgan fingerprint density at radius 1 is 1.31 bits per heavy atom. The monoisotopic (exact) mass is 237 g/mol. The number of rotatable bonds is 4. The topological polar surface area (TPSA) is 67.2 Å². The van der Waals surface area contributed by atoms with Crippen LogP contribution in [0.4, 0.5) is 4.79 Å². The second-order valence-corrected chi connectivity index (χ2v) is 3.71. The summed E-state index contributed by atoms with van der Waals surface area (Å²) in [4.78, 5) is 11.5. The number of urea groups is 1. The molecule has 4 N–H and O–H groups in total. The van der Waals surface area contributed by atoms with Crippen LogP contribution in [-0.2, 0) is 6.54 Å². The molecule has 0 heterocycles. The van der Waals surface area contributed by atoms with E-state index in [4.69, 9.17) is 18.0 Å². The zero-order chi connectivity index (χ0) is 12.0. The third kappa shape index (κ3) is 3.86. The van der Waals surface area contributed by atoms with Crippen LogP contribution in [0.5, 0.6) is 0 Å². The van der Waals surface area contributed by atoms with Crippen LogP contribution >= 0.6 is 12.2 Å². The third-order valence-corrected chi connectivity index (χ3v) is 2.26. The van der Waals surface area contributed by atoms with Crippen molar-refractivity contribution < 1.29 is 4.79 Å². The lowest BCUT2D eigenvalue weighted by atomic mass is 10.1. The van der Waals surface area contributed by atoms with Gasteiger partial charge in [-0.15, -0.1) is 0 Å². The average Bonchev–Trinajstić information content (AvgIpc) is 2.27. The summed E-state index contributed by atoms with van der Waals surface area (Å²) in [6, 6.07) is 7.30. The van der Waals surface area contributed by atoms with Gasteiger partial charge in [-0.2, -0.15) is 0 Å². The van der Waals surface area contributed by atoms with Crippen LogP contribution in [0.25, 0.3) is 0 Å². The molecule has 2 amide bonds. The molecule has 86 valence electrons. The fourth-order valence-electron chi connectivity index (χ4n) is 1.19. The van der Waals surface area contributed by atoms with Gasteiger partial charge in [0.25, 0.3) is 0 Å². The van der Waals surface area contributed by atoms with Gasteiger partial charge in [-0.3, -0.25) is 0 Å². The molecule has 1 aromatic rings. The molecule has 1 aromatic carbocycles. The smallest absolute Gasteiger partial charge is 0.315 e. The second-order valence-electron chi connectivity index (χ2n) is 3.27. The Labute approximate surface area is 100 Å². The zero-order valence-corrected chi connectivity index (χ0v) is 9.93. The maximum atomic E-state index is 11.1. The maximum Gasteiger partial charge on any atom is 0.315 e. The Kier molecular flexibility index (Phi) is 4.72. The van der Waals surface area contributed by atoms with Crippen LogP contribution < -0.4 is 16.4 Å². The molecule has 0 saturated heterocycles. The predicted molar refractivity (Wildman–Crippen MR) is 68.2 cm³/mol. The minimum Gasteiger partial charge on any atom is -0.389 e. The molecule has 16 heavy (non-hydrogen) atoms. The van der Waals surface area contributed by atoms with Crippen molar-refractivity contribution in [1.82, 2.24) is 10.6 Å². The lowest BCUT2D eigenvalue weighted by molar-refractivity contribution is 0.241. The lowest BCUT2D eigenvalue weighted by Crippen LogP contribution is -2.34. The van der Waals surface area contributed by atoms with Gasteiger partial charge in [0, 0.05) is 18.7 Å². The highest BCUT2D eigenvalue weighted by molar-refractivity contribution is 7.80. The Balaban J connectivity index is 2.49. The number of nitrogens with two attached hydrogens (primary N) is 1. The van der Waals surface area contributed by atoms with Crippen LogP contribution in [0.3, 0.4) is 0 Å². The molecule has 4 nitrogen and oxygen atoms in total. The Bertz CT molecular complexity index is 375. The van der Waals surface area contributed by atoms with Gasteiger partial charge in [-0.05, 0) is 12.5 Å². The van der Waals surface area contributed by atoms with E-state index >= 15 is 0 Å². The van der Waals surface area contributed by atoms with Gasteiger partial charge < -0.3 is 16.4 Å². The minimum absolute atomic E-state index is 0.166. The third-order valence-electron chi connectivity index (χ3n) is 2.03. The first-order valence-electron chi connectivity index (χ1n) is 5.04. The summed E-state index contributed by atoms with van der Waals surface area (Å²) in [7, 11) is 0. The first-order chi connectivity index (χ1) is 7.63. The Hall–Kier alpha value is -1.62. The SMILES string of the molecule is CCNC(=O)NCc1ccc(C(N)=S)cc1. The van der Waals surface area contributed by atoms with Crippen molar-refractivity contribution in [3.8, 4) is 0 Å². The van der Waals surface area contributed by atoms with Crippen LogP contribution in [0, 0.1) is 0 Å². The fraction of sp³-hybridized carbons (Fsp3) is 0.273. The normalized spacial score (nSPS) is 9.56. The van der Waals surface area contributed by atoms with Crippen molar-refractivity contribution in [3.63, 3.8) is 0 Å². The largest absolute Gasteiger partial charge is 0.389 e. The van der Waals surface area contributed by atoms with Crippen molar-refractivity contribution >= 4 is 23.2 Å². The Morgan fingerprint density at radius 3 is 2.44 bits per heavy atom. The molecule has 0 saturated carbocycles. The highest BCUT2D eigenvalue weighted by Gasteiger charge is 1.99. The molecular formula is C11H15N3OS. The van der Waals surface area contributed by atoms with E-state index in [1.807, 2.05) is 31.2 Å². The highest BCUT2D eigenvalue weighted by atomic mass is 32.1. The zero-order valence-electron chi connectivity index (χ0n) is 9.12. The molecule has 0 aliphatic heterocycles. The Morgan fingerprint density at radius 2 is 1.94 bits per heavy atom. The molecular weight excluding hydrogens is 222 g/mol. The van der Waals surface area contributed by atoms with Crippen molar-refractivity contribution in [2.75, 3.05) is 6.54 Å². The van der Waals surface area contributed by atoms with Gasteiger partial charge in [0.05, 0.1) is 0 Å². The number of nitrogens with one attached hydrogen (secondary N) is 2. The second kappa shape index (κ2) is 6.07. The van der Waals surface area contributed by atoms with E-state index in [0.29, 0.717) is 18.1 Å². The first-order valence-corrected chi connectivity index (χ1v) is 5.44. The van der Waals surface area contributed by atoms with Crippen LogP contribution in [-0.4, -0.2) is 17.6 Å². The van der Waals surface area contributed by atoms with Crippen molar-refractivity contribution in [1.29, 1.82) is 0 Å². The van der Waals surface area contributed by atoms with E-state index in [0.717, 1.165) is 11.1 Å².